The molecule has 0 fully saturated rings. The van der Waals surface area contributed by atoms with Crippen LogP contribution < -0.4 is 11.1 Å². The van der Waals surface area contributed by atoms with Crippen molar-refractivity contribution in [3.63, 3.8) is 0 Å². The third-order valence-electron chi connectivity index (χ3n) is 3.59. The van der Waals surface area contributed by atoms with Crippen LogP contribution in [0.4, 0.5) is 4.79 Å². The fourth-order valence-electron chi connectivity index (χ4n) is 2.45. The molecule has 0 saturated heterocycles. The van der Waals surface area contributed by atoms with Gasteiger partial charge in [-0.3, -0.25) is 4.98 Å². The number of nitrogens with two attached hydrogens (primary N) is 1. The van der Waals surface area contributed by atoms with Crippen LogP contribution in [-0.2, 0) is 0 Å². The highest BCUT2D eigenvalue weighted by atomic mass is 16.2. The van der Waals surface area contributed by atoms with E-state index in [-0.39, 0.29) is 0 Å². The maximum Gasteiger partial charge on any atom is 0.312 e. The van der Waals surface area contributed by atoms with Crippen LogP contribution >= 0.6 is 0 Å². The van der Waals surface area contributed by atoms with Crippen LogP contribution in [0.5, 0.6) is 0 Å². The number of urea groups is 1. The Hall–Kier alpha value is -2.62. The number of amides is 2. The molecule has 1 aromatic carbocycles. The van der Waals surface area contributed by atoms with Gasteiger partial charge in [-0.2, -0.15) is 0 Å². The Morgan fingerprint density at radius 2 is 1.83 bits per heavy atom. The maximum atomic E-state index is 10.6. The van der Waals surface area contributed by atoms with Gasteiger partial charge in [0.25, 0.3) is 0 Å². The van der Waals surface area contributed by atoms with E-state index in [1.54, 1.807) is 6.20 Å². The first kappa shape index (κ1) is 16.7. The van der Waals surface area contributed by atoms with Gasteiger partial charge in [0.1, 0.15) is 0 Å². The van der Waals surface area contributed by atoms with E-state index in [1.807, 2.05) is 18.3 Å². The van der Waals surface area contributed by atoms with E-state index in [0.717, 1.165) is 31.2 Å². The second-order valence-corrected chi connectivity index (χ2v) is 5.37. The first-order chi connectivity index (χ1) is 11.3. The number of nitrogens with one attached hydrogen (secondary N) is 1. The molecule has 1 heterocycles. The average Bonchev–Trinajstić information content (AvgIpc) is 2.59. The van der Waals surface area contributed by atoms with E-state index in [2.05, 4.69) is 46.7 Å². The summed E-state index contributed by atoms with van der Waals surface area (Å²) in [5, 5.41) is 2.61. The van der Waals surface area contributed by atoms with Crippen LogP contribution in [0, 0.1) is 0 Å². The molecule has 4 heteroatoms. The lowest BCUT2D eigenvalue weighted by molar-refractivity contribution is 0.248. The van der Waals surface area contributed by atoms with Crippen molar-refractivity contribution in [2.75, 3.05) is 6.54 Å². The molecule has 23 heavy (non-hydrogen) atoms. The van der Waals surface area contributed by atoms with Gasteiger partial charge in [-0.25, -0.2) is 4.79 Å². The summed E-state index contributed by atoms with van der Waals surface area (Å²) >= 11 is 0. The lowest BCUT2D eigenvalue weighted by Gasteiger charge is -2.08. The highest BCUT2D eigenvalue weighted by molar-refractivity contribution is 5.79. The van der Waals surface area contributed by atoms with Gasteiger partial charge in [0.05, 0.1) is 0 Å². The van der Waals surface area contributed by atoms with Crippen molar-refractivity contribution in [1.82, 2.24) is 10.3 Å². The fourth-order valence-corrected chi connectivity index (χ4v) is 2.45. The third kappa shape index (κ3) is 5.94. The van der Waals surface area contributed by atoms with Crippen LogP contribution in [0.2, 0.25) is 0 Å². The minimum absolute atomic E-state index is 0.451. The van der Waals surface area contributed by atoms with Crippen molar-refractivity contribution in [1.29, 1.82) is 0 Å². The highest BCUT2D eigenvalue weighted by Gasteiger charge is 2.04. The molecule has 0 bridgehead atoms. The van der Waals surface area contributed by atoms with Gasteiger partial charge in [0.2, 0.25) is 0 Å². The number of carbonyl (C=O) groups excluding carboxylic acids is 1. The number of rotatable bonds is 8. The lowest BCUT2D eigenvalue weighted by Crippen LogP contribution is -2.29. The zero-order valence-electron chi connectivity index (χ0n) is 13.2. The van der Waals surface area contributed by atoms with E-state index in [0.29, 0.717) is 6.54 Å². The molecule has 0 aliphatic carbocycles. The number of pyridine rings is 1. The van der Waals surface area contributed by atoms with Crippen molar-refractivity contribution in [3.8, 4) is 0 Å². The van der Waals surface area contributed by atoms with Crippen molar-refractivity contribution >= 4 is 11.6 Å². The zero-order valence-corrected chi connectivity index (χ0v) is 13.2. The van der Waals surface area contributed by atoms with E-state index in [4.69, 9.17) is 5.73 Å². The van der Waals surface area contributed by atoms with Crippen LogP contribution in [0.3, 0.4) is 0 Å². The molecule has 3 N–H and O–H groups in total. The number of primary amides is 1. The van der Waals surface area contributed by atoms with Gasteiger partial charge in [-0.1, -0.05) is 48.9 Å². The molecule has 120 valence electrons. The summed E-state index contributed by atoms with van der Waals surface area (Å²) in [6, 6.07) is 14.0. The fraction of sp³-hybridized carbons (Fsp3) is 0.263. The molecule has 2 aromatic rings. The Balaban J connectivity index is 1.94. The van der Waals surface area contributed by atoms with E-state index in [9.17, 15) is 4.79 Å². The summed E-state index contributed by atoms with van der Waals surface area (Å²) in [5.41, 5.74) is 8.59. The van der Waals surface area contributed by atoms with Crippen molar-refractivity contribution in [2.45, 2.75) is 25.7 Å². The average molecular weight is 309 g/mol. The lowest BCUT2D eigenvalue weighted by atomic mass is 9.97. The van der Waals surface area contributed by atoms with Crippen LogP contribution in [0.25, 0.3) is 5.57 Å². The van der Waals surface area contributed by atoms with E-state index in [1.165, 1.54) is 11.1 Å². The quantitative estimate of drug-likeness (QED) is 0.729. The minimum Gasteiger partial charge on any atom is -0.352 e. The largest absolute Gasteiger partial charge is 0.352 e. The summed E-state index contributed by atoms with van der Waals surface area (Å²) in [5.74, 6) is 0. The number of hydrogen-bond donors (Lipinski definition) is 2. The minimum atomic E-state index is -0.451. The Bertz CT molecular complexity index is 582. The Morgan fingerprint density at radius 1 is 1.04 bits per heavy atom. The molecule has 2 rings (SSSR count). The molecule has 0 aliphatic heterocycles. The smallest absolute Gasteiger partial charge is 0.312 e. The Morgan fingerprint density at radius 3 is 2.52 bits per heavy atom. The number of benzene rings is 1. The predicted molar refractivity (Wildman–Crippen MR) is 93.8 cm³/mol. The summed E-state index contributed by atoms with van der Waals surface area (Å²) in [7, 11) is 0. The summed E-state index contributed by atoms with van der Waals surface area (Å²) < 4.78 is 0. The van der Waals surface area contributed by atoms with Crippen molar-refractivity contribution < 1.29 is 4.79 Å². The van der Waals surface area contributed by atoms with E-state index < -0.39 is 6.03 Å². The summed E-state index contributed by atoms with van der Waals surface area (Å²) in [6.07, 6.45) is 10.0. The monoisotopic (exact) mass is 309 g/mol. The Kier molecular flexibility index (Phi) is 6.85. The second kappa shape index (κ2) is 9.41. The first-order valence-electron chi connectivity index (χ1n) is 7.96. The number of carbonyl (C=O) groups is 1. The van der Waals surface area contributed by atoms with Gasteiger partial charge in [-0.05, 0) is 36.5 Å². The molecular weight excluding hydrogens is 286 g/mol. The standard InChI is InChI=1S/C19H23N3O/c20-19(23)22-14-7-2-1-6-12-18(16-9-4-3-5-10-16)17-11-8-13-21-15-17/h3-5,8-13,15H,1-2,6-7,14H2,(H3,20,22,23)/b18-12+. The molecule has 4 nitrogen and oxygen atoms in total. The van der Waals surface area contributed by atoms with Gasteiger partial charge in [0.15, 0.2) is 0 Å². The normalized spacial score (nSPS) is 11.2. The van der Waals surface area contributed by atoms with Gasteiger partial charge in [0, 0.05) is 24.5 Å². The number of hydrogen-bond acceptors (Lipinski definition) is 2. The third-order valence-corrected chi connectivity index (χ3v) is 3.59. The molecule has 0 unspecified atom stereocenters. The highest BCUT2D eigenvalue weighted by Crippen LogP contribution is 2.23. The van der Waals surface area contributed by atoms with Crippen LogP contribution in [0.15, 0.2) is 60.9 Å². The molecular formula is C19H23N3O. The number of aromatic nitrogens is 1. The number of nitrogens with zero attached hydrogens (tertiary/aromatic N) is 1. The molecule has 1 aromatic heterocycles. The Labute approximate surface area is 137 Å². The van der Waals surface area contributed by atoms with Crippen molar-refractivity contribution in [2.24, 2.45) is 5.73 Å². The van der Waals surface area contributed by atoms with Crippen LogP contribution in [0.1, 0.15) is 36.8 Å². The number of unbranched alkanes of at least 4 members (excludes halogenated alkanes) is 3. The second-order valence-electron chi connectivity index (χ2n) is 5.37. The zero-order chi connectivity index (χ0) is 16.3. The number of allylic oxidation sites excluding steroid dienone is 1. The predicted octanol–water partition coefficient (Wildman–Crippen LogP) is 3.74. The molecule has 0 saturated carbocycles. The molecule has 0 radical (unpaired) electrons. The summed E-state index contributed by atoms with van der Waals surface area (Å²) in [6.45, 7) is 0.646. The molecule has 0 spiro atoms. The van der Waals surface area contributed by atoms with Gasteiger partial charge in [-0.15, -0.1) is 0 Å². The molecule has 0 atom stereocenters. The molecule has 2 amide bonds. The SMILES string of the molecule is NC(=O)NCCCCC/C=C(\c1ccccc1)c1cccnc1. The topological polar surface area (TPSA) is 68.0 Å². The van der Waals surface area contributed by atoms with Gasteiger partial charge < -0.3 is 11.1 Å². The first-order valence-corrected chi connectivity index (χ1v) is 7.96. The maximum absolute atomic E-state index is 10.6. The van der Waals surface area contributed by atoms with E-state index >= 15 is 0 Å². The van der Waals surface area contributed by atoms with Crippen LogP contribution in [-0.4, -0.2) is 17.6 Å². The van der Waals surface area contributed by atoms with Gasteiger partial charge >= 0.3 is 6.03 Å². The van der Waals surface area contributed by atoms with Crippen molar-refractivity contribution in [3.05, 3.63) is 72.1 Å². The summed E-state index contributed by atoms with van der Waals surface area (Å²) in [4.78, 5) is 14.8. The molecule has 0 aliphatic rings.